The predicted molar refractivity (Wildman–Crippen MR) is 144 cm³/mol. The number of carbonyl (C=O) groups is 4. The molecule has 0 saturated carbocycles. The Bertz CT molecular complexity index is 1470. The molecule has 0 bridgehead atoms. The molecule has 1 saturated heterocycles. The summed E-state index contributed by atoms with van der Waals surface area (Å²) in [6.45, 7) is 1.48. The first kappa shape index (κ1) is 26.7. The van der Waals surface area contributed by atoms with Crippen LogP contribution in [0.2, 0.25) is 10.0 Å². The Morgan fingerprint density at radius 1 is 1.00 bits per heavy atom. The van der Waals surface area contributed by atoms with Crippen molar-refractivity contribution in [3.8, 4) is 11.5 Å². The number of amides is 5. The Morgan fingerprint density at radius 2 is 1.74 bits per heavy atom. The average molecular weight is 554 g/mol. The van der Waals surface area contributed by atoms with E-state index in [-0.39, 0.29) is 28.6 Å². The fraction of sp³-hybridized carbons (Fsp3) is 0.111. The summed E-state index contributed by atoms with van der Waals surface area (Å²) in [6.07, 6.45) is 1.30. The molecule has 4 rings (SSSR count). The summed E-state index contributed by atoms with van der Waals surface area (Å²) in [6, 6.07) is 15.1. The Kier molecular flexibility index (Phi) is 7.99. The van der Waals surface area contributed by atoms with Crippen molar-refractivity contribution < 1.29 is 28.7 Å². The van der Waals surface area contributed by atoms with Gasteiger partial charge >= 0.3 is 6.03 Å². The number of carbonyl (C=O) groups excluding carboxylic acids is 4. The van der Waals surface area contributed by atoms with Crippen LogP contribution in [0.1, 0.15) is 11.1 Å². The van der Waals surface area contributed by atoms with E-state index in [0.29, 0.717) is 22.0 Å². The van der Waals surface area contributed by atoms with Gasteiger partial charge in [0.05, 0.1) is 17.8 Å². The maximum Gasteiger partial charge on any atom is 0.335 e. The topological polar surface area (TPSA) is 114 Å². The molecule has 1 aliphatic rings. The standard InChI is InChI=1S/C27H21Cl2N3O6/c1-15-3-7-18(13-21(15)28)32-26(35)20(25(34)31-27(32)36)11-16-4-10-23(22(29)12-16)38-14-24(33)30-17-5-8-19(37-2)9-6-17/h3-13H,14H2,1-2H3,(H,30,33)(H,31,34,36)/b20-11+. The van der Waals surface area contributed by atoms with Crippen LogP contribution in [0.5, 0.6) is 11.5 Å². The van der Waals surface area contributed by atoms with E-state index < -0.39 is 23.8 Å². The van der Waals surface area contributed by atoms with Crippen molar-refractivity contribution in [2.24, 2.45) is 0 Å². The fourth-order valence-corrected chi connectivity index (χ4v) is 3.94. The summed E-state index contributed by atoms with van der Waals surface area (Å²) in [5, 5.41) is 5.36. The van der Waals surface area contributed by atoms with Crippen LogP contribution in [0.25, 0.3) is 6.08 Å². The van der Waals surface area contributed by atoms with E-state index in [1.165, 1.54) is 24.3 Å². The van der Waals surface area contributed by atoms with Crippen molar-refractivity contribution in [1.82, 2.24) is 5.32 Å². The highest BCUT2D eigenvalue weighted by molar-refractivity contribution is 6.39. The lowest BCUT2D eigenvalue weighted by molar-refractivity contribution is -0.122. The first-order valence-electron chi connectivity index (χ1n) is 11.2. The minimum atomic E-state index is -0.883. The van der Waals surface area contributed by atoms with Crippen molar-refractivity contribution in [2.45, 2.75) is 6.92 Å². The molecule has 3 aromatic rings. The van der Waals surface area contributed by atoms with E-state index in [1.54, 1.807) is 56.5 Å². The van der Waals surface area contributed by atoms with Gasteiger partial charge in [-0.05, 0) is 72.7 Å². The second-order valence-electron chi connectivity index (χ2n) is 8.15. The van der Waals surface area contributed by atoms with Gasteiger partial charge in [-0.3, -0.25) is 19.7 Å². The van der Waals surface area contributed by atoms with Crippen molar-refractivity contribution >= 4 is 64.4 Å². The Hall–Kier alpha value is -4.34. The highest BCUT2D eigenvalue weighted by Crippen LogP contribution is 2.29. The van der Waals surface area contributed by atoms with E-state index in [4.69, 9.17) is 32.7 Å². The van der Waals surface area contributed by atoms with Gasteiger partial charge in [0.15, 0.2) is 6.61 Å². The first-order chi connectivity index (χ1) is 18.2. The van der Waals surface area contributed by atoms with Gasteiger partial charge < -0.3 is 14.8 Å². The molecule has 0 aliphatic carbocycles. The molecular weight excluding hydrogens is 533 g/mol. The molecule has 0 spiro atoms. The molecule has 1 fully saturated rings. The van der Waals surface area contributed by atoms with Crippen LogP contribution in [-0.2, 0) is 14.4 Å². The number of nitrogens with one attached hydrogen (secondary N) is 2. The molecule has 0 atom stereocenters. The summed E-state index contributed by atoms with van der Waals surface area (Å²) in [7, 11) is 1.55. The van der Waals surface area contributed by atoms with Crippen LogP contribution in [-0.4, -0.2) is 37.5 Å². The number of imide groups is 2. The third kappa shape index (κ3) is 5.96. The molecule has 194 valence electrons. The van der Waals surface area contributed by atoms with Gasteiger partial charge in [0.25, 0.3) is 17.7 Å². The lowest BCUT2D eigenvalue weighted by Crippen LogP contribution is -2.54. The van der Waals surface area contributed by atoms with Gasteiger partial charge in [0, 0.05) is 10.7 Å². The zero-order valence-corrected chi connectivity index (χ0v) is 21.7. The zero-order valence-electron chi connectivity index (χ0n) is 20.2. The Labute approximate surface area is 227 Å². The maximum atomic E-state index is 13.1. The summed E-state index contributed by atoms with van der Waals surface area (Å²) in [4.78, 5) is 51.0. The van der Waals surface area contributed by atoms with Crippen molar-refractivity contribution in [3.63, 3.8) is 0 Å². The molecule has 0 radical (unpaired) electrons. The summed E-state index contributed by atoms with van der Waals surface area (Å²) >= 11 is 12.5. The molecule has 11 heteroatoms. The number of barbiturate groups is 1. The largest absolute Gasteiger partial charge is 0.497 e. The molecule has 2 N–H and O–H groups in total. The molecule has 38 heavy (non-hydrogen) atoms. The van der Waals surface area contributed by atoms with Gasteiger partial charge in [-0.25, -0.2) is 9.69 Å². The number of ether oxygens (including phenoxy) is 2. The van der Waals surface area contributed by atoms with Gasteiger partial charge in [-0.1, -0.05) is 35.3 Å². The summed E-state index contributed by atoms with van der Waals surface area (Å²) < 4.78 is 10.6. The number of benzene rings is 3. The number of nitrogens with zero attached hydrogens (tertiary/aromatic N) is 1. The van der Waals surface area contributed by atoms with E-state index in [1.807, 2.05) is 0 Å². The van der Waals surface area contributed by atoms with E-state index >= 15 is 0 Å². The Morgan fingerprint density at radius 3 is 2.39 bits per heavy atom. The van der Waals surface area contributed by atoms with E-state index in [2.05, 4.69) is 10.6 Å². The average Bonchev–Trinajstić information content (AvgIpc) is 2.88. The van der Waals surface area contributed by atoms with E-state index in [9.17, 15) is 19.2 Å². The van der Waals surface area contributed by atoms with Crippen molar-refractivity contribution in [1.29, 1.82) is 0 Å². The number of hydrogen-bond acceptors (Lipinski definition) is 6. The number of anilines is 2. The molecular formula is C27H21Cl2N3O6. The van der Waals surface area contributed by atoms with Crippen LogP contribution in [0, 0.1) is 6.92 Å². The molecule has 1 heterocycles. The van der Waals surface area contributed by atoms with Crippen LogP contribution in [0.3, 0.4) is 0 Å². The smallest absolute Gasteiger partial charge is 0.335 e. The molecule has 5 amide bonds. The molecule has 1 aliphatic heterocycles. The molecule has 3 aromatic carbocycles. The van der Waals surface area contributed by atoms with Crippen molar-refractivity contribution in [3.05, 3.63) is 87.4 Å². The van der Waals surface area contributed by atoms with Gasteiger partial charge in [-0.2, -0.15) is 0 Å². The van der Waals surface area contributed by atoms with Crippen LogP contribution in [0.4, 0.5) is 16.2 Å². The van der Waals surface area contributed by atoms with E-state index in [0.717, 1.165) is 10.5 Å². The van der Waals surface area contributed by atoms with Crippen molar-refractivity contribution in [2.75, 3.05) is 23.9 Å². The monoisotopic (exact) mass is 553 g/mol. The number of methoxy groups -OCH3 is 1. The quantitative estimate of drug-likeness (QED) is 0.314. The summed E-state index contributed by atoms with van der Waals surface area (Å²) in [5.74, 6) is -1.18. The third-order valence-corrected chi connectivity index (χ3v) is 6.22. The number of urea groups is 1. The normalized spacial score (nSPS) is 14.4. The SMILES string of the molecule is COc1ccc(NC(=O)COc2ccc(/C=C3\C(=O)NC(=O)N(c4ccc(C)c(Cl)c4)C3=O)cc2Cl)cc1. The number of aryl methyl sites for hydroxylation is 1. The van der Waals surface area contributed by atoms with Crippen LogP contribution < -0.4 is 25.0 Å². The molecule has 9 nitrogen and oxygen atoms in total. The maximum absolute atomic E-state index is 13.1. The minimum absolute atomic E-state index is 0.151. The summed E-state index contributed by atoms with van der Waals surface area (Å²) in [5.41, 5.74) is 1.69. The molecule has 0 unspecified atom stereocenters. The van der Waals surface area contributed by atoms with Gasteiger partial charge in [0.2, 0.25) is 0 Å². The lowest BCUT2D eigenvalue weighted by Gasteiger charge is -2.26. The van der Waals surface area contributed by atoms with Crippen LogP contribution in [0.15, 0.2) is 66.2 Å². The first-order valence-corrected chi connectivity index (χ1v) is 12.0. The third-order valence-electron chi connectivity index (χ3n) is 5.51. The number of rotatable bonds is 7. The highest BCUT2D eigenvalue weighted by Gasteiger charge is 2.37. The number of halogens is 2. The Balaban J connectivity index is 1.46. The van der Waals surface area contributed by atoms with Gasteiger partial charge in [-0.15, -0.1) is 0 Å². The van der Waals surface area contributed by atoms with Crippen LogP contribution >= 0.6 is 23.2 Å². The second-order valence-corrected chi connectivity index (χ2v) is 8.96. The number of hydrogen-bond donors (Lipinski definition) is 2. The second kappa shape index (κ2) is 11.4. The molecule has 0 aromatic heterocycles. The minimum Gasteiger partial charge on any atom is -0.497 e. The lowest BCUT2D eigenvalue weighted by atomic mass is 10.1. The zero-order chi connectivity index (χ0) is 27.4. The van der Waals surface area contributed by atoms with Gasteiger partial charge in [0.1, 0.15) is 17.1 Å². The highest BCUT2D eigenvalue weighted by atomic mass is 35.5. The fourth-order valence-electron chi connectivity index (χ4n) is 3.52. The predicted octanol–water partition coefficient (Wildman–Crippen LogP) is 4.99.